The third kappa shape index (κ3) is 4.28. The molecule has 3 N–H and O–H groups in total. The molecule has 3 rings (SSSR count). The van der Waals surface area contributed by atoms with Gasteiger partial charge in [-0.2, -0.15) is 0 Å². The molecule has 0 bridgehead atoms. The second-order valence-electron chi connectivity index (χ2n) is 7.18. The van der Waals surface area contributed by atoms with E-state index in [0.717, 1.165) is 16.9 Å². The maximum absolute atomic E-state index is 10.7. The van der Waals surface area contributed by atoms with Crippen LogP contribution in [0.15, 0.2) is 42.5 Å². The summed E-state index contributed by atoms with van der Waals surface area (Å²) in [4.78, 5) is 0. The molecule has 0 unspecified atom stereocenters. The molecule has 2 aromatic carbocycles. The summed E-state index contributed by atoms with van der Waals surface area (Å²) in [5, 5.41) is 31.5. The fourth-order valence-corrected chi connectivity index (χ4v) is 3.83. The maximum Gasteiger partial charge on any atom is 0.224 e. The number of methoxy groups -OCH3 is 1. The Balaban J connectivity index is 1.93. The molecule has 0 aromatic heterocycles. The number of aliphatic hydroxyl groups excluding tert-OH is 3. The highest BCUT2D eigenvalue weighted by molar-refractivity contribution is 6.31. The van der Waals surface area contributed by atoms with Crippen LogP contribution >= 0.6 is 11.6 Å². The zero-order valence-corrected chi connectivity index (χ0v) is 17.5. The maximum atomic E-state index is 10.7. The van der Waals surface area contributed by atoms with Crippen LogP contribution in [-0.2, 0) is 21.7 Å². The van der Waals surface area contributed by atoms with Gasteiger partial charge in [0.25, 0.3) is 0 Å². The summed E-state index contributed by atoms with van der Waals surface area (Å²) >= 11 is 6.41. The predicted molar refractivity (Wildman–Crippen MR) is 109 cm³/mol. The Labute approximate surface area is 175 Å². The molecule has 1 aliphatic heterocycles. The van der Waals surface area contributed by atoms with Crippen molar-refractivity contribution in [2.45, 2.75) is 50.5 Å². The molecule has 0 radical (unpaired) electrons. The topological polar surface area (TPSA) is 88.4 Å². The molecule has 0 saturated carbocycles. The van der Waals surface area contributed by atoms with Gasteiger partial charge in [-0.15, -0.1) is 0 Å². The molecule has 0 spiro atoms. The summed E-state index contributed by atoms with van der Waals surface area (Å²) in [5.74, 6) is -0.814. The average Bonchev–Trinajstić information content (AvgIpc) is 2.72. The van der Waals surface area contributed by atoms with E-state index < -0.39 is 30.2 Å². The van der Waals surface area contributed by atoms with Crippen molar-refractivity contribution in [1.82, 2.24) is 0 Å². The third-order valence-corrected chi connectivity index (χ3v) is 5.65. The minimum atomic E-state index is -1.61. The predicted octanol–water partition coefficient (Wildman–Crippen LogP) is 2.63. The van der Waals surface area contributed by atoms with Gasteiger partial charge in [0.15, 0.2) is 0 Å². The Morgan fingerprint density at radius 3 is 2.38 bits per heavy atom. The third-order valence-electron chi connectivity index (χ3n) is 5.28. The molecule has 0 aliphatic carbocycles. The summed E-state index contributed by atoms with van der Waals surface area (Å²) < 4.78 is 16.9. The van der Waals surface area contributed by atoms with Gasteiger partial charge in [0.2, 0.25) is 5.79 Å². The lowest BCUT2D eigenvalue weighted by Crippen LogP contribution is -2.62. The first-order chi connectivity index (χ1) is 13.8. The molecule has 158 valence electrons. The van der Waals surface area contributed by atoms with Gasteiger partial charge < -0.3 is 29.5 Å². The number of benzene rings is 2. The highest BCUT2D eigenvalue weighted by Crippen LogP contribution is 2.40. The number of halogens is 1. The van der Waals surface area contributed by atoms with Crippen molar-refractivity contribution >= 4 is 11.6 Å². The van der Waals surface area contributed by atoms with Gasteiger partial charge in [-0.25, -0.2) is 0 Å². The molecule has 5 atom stereocenters. The van der Waals surface area contributed by atoms with E-state index >= 15 is 0 Å². The summed E-state index contributed by atoms with van der Waals surface area (Å²) in [5.41, 5.74) is 2.36. The van der Waals surface area contributed by atoms with Gasteiger partial charge in [0.1, 0.15) is 24.1 Å². The molecular weight excluding hydrogens is 396 g/mol. The minimum Gasteiger partial charge on any atom is -0.494 e. The smallest absolute Gasteiger partial charge is 0.224 e. The van der Waals surface area contributed by atoms with Crippen LogP contribution in [0.25, 0.3) is 0 Å². The first-order valence-corrected chi connectivity index (χ1v) is 9.98. The number of rotatable bonds is 6. The average molecular weight is 423 g/mol. The second kappa shape index (κ2) is 9.00. The molecule has 1 saturated heterocycles. The van der Waals surface area contributed by atoms with E-state index in [1.807, 2.05) is 31.2 Å². The Bertz CT molecular complexity index is 827. The molecule has 1 heterocycles. The molecule has 0 amide bonds. The second-order valence-corrected chi connectivity index (χ2v) is 7.59. The summed E-state index contributed by atoms with van der Waals surface area (Å²) in [6.07, 6.45) is -4.29. The van der Waals surface area contributed by atoms with Crippen LogP contribution in [0.2, 0.25) is 5.02 Å². The Hall–Kier alpha value is -1.67. The molecule has 6 nitrogen and oxygen atoms in total. The van der Waals surface area contributed by atoms with Gasteiger partial charge in [0, 0.05) is 17.7 Å². The van der Waals surface area contributed by atoms with Gasteiger partial charge in [-0.1, -0.05) is 29.8 Å². The largest absolute Gasteiger partial charge is 0.494 e. The molecule has 29 heavy (non-hydrogen) atoms. The van der Waals surface area contributed by atoms with Crippen LogP contribution in [0.5, 0.6) is 5.75 Å². The molecule has 1 aliphatic rings. The van der Waals surface area contributed by atoms with Crippen LogP contribution in [-0.4, -0.2) is 53.5 Å². The minimum absolute atomic E-state index is 0.510. The van der Waals surface area contributed by atoms with E-state index in [9.17, 15) is 15.3 Å². The van der Waals surface area contributed by atoms with Crippen molar-refractivity contribution in [3.05, 3.63) is 64.2 Å². The van der Waals surface area contributed by atoms with Crippen molar-refractivity contribution < 1.29 is 29.5 Å². The first-order valence-electron chi connectivity index (χ1n) is 9.60. The van der Waals surface area contributed by atoms with Crippen LogP contribution in [0.4, 0.5) is 0 Å². The van der Waals surface area contributed by atoms with Crippen molar-refractivity contribution in [2.24, 2.45) is 0 Å². The Morgan fingerprint density at radius 2 is 1.76 bits per heavy atom. The van der Waals surface area contributed by atoms with Gasteiger partial charge in [0.05, 0.1) is 12.7 Å². The van der Waals surface area contributed by atoms with E-state index in [4.69, 9.17) is 25.8 Å². The van der Waals surface area contributed by atoms with E-state index in [0.29, 0.717) is 23.6 Å². The van der Waals surface area contributed by atoms with Crippen molar-refractivity contribution in [2.75, 3.05) is 13.7 Å². The Kier molecular flexibility index (Phi) is 6.83. The van der Waals surface area contributed by atoms with E-state index in [1.54, 1.807) is 25.1 Å². The fourth-order valence-electron chi connectivity index (χ4n) is 3.65. The molecule has 2 aromatic rings. The highest BCUT2D eigenvalue weighted by Gasteiger charge is 2.54. The van der Waals surface area contributed by atoms with Gasteiger partial charge in [-0.05, 0) is 55.7 Å². The zero-order chi connectivity index (χ0) is 21.2. The fraction of sp³-hybridized carbons (Fsp3) is 0.455. The van der Waals surface area contributed by atoms with E-state index in [2.05, 4.69) is 0 Å². The number of hydrogen-bond donors (Lipinski definition) is 3. The van der Waals surface area contributed by atoms with E-state index in [-0.39, 0.29) is 0 Å². The lowest BCUT2D eigenvalue weighted by Gasteiger charge is -2.47. The monoisotopic (exact) mass is 422 g/mol. The van der Waals surface area contributed by atoms with Crippen LogP contribution in [0.1, 0.15) is 30.5 Å². The first kappa shape index (κ1) is 22.0. The summed E-state index contributed by atoms with van der Waals surface area (Å²) in [6.45, 7) is 4.15. The van der Waals surface area contributed by atoms with Gasteiger partial charge in [-0.3, -0.25) is 0 Å². The van der Waals surface area contributed by atoms with Gasteiger partial charge >= 0.3 is 0 Å². The number of hydrogen-bond acceptors (Lipinski definition) is 6. The standard InChI is InChI=1S/C22H27ClO6/c1-4-28-17-8-5-14(6-9-17)11-15-12-16(7-10-18(15)23)22(27-3)21(26)20(25)19(24)13(2)29-22/h5-10,12-13,19-21,24-26H,4,11H2,1-3H3/t13-,19-,20+,21-,22+/m1/s1. The van der Waals surface area contributed by atoms with E-state index in [1.165, 1.54) is 7.11 Å². The number of ether oxygens (including phenoxy) is 3. The normalized spacial score (nSPS) is 29.6. The summed E-state index contributed by atoms with van der Waals surface area (Å²) in [7, 11) is 1.39. The van der Waals surface area contributed by atoms with Crippen molar-refractivity contribution in [3.63, 3.8) is 0 Å². The van der Waals surface area contributed by atoms with Crippen LogP contribution < -0.4 is 4.74 Å². The van der Waals surface area contributed by atoms with Crippen molar-refractivity contribution in [1.29, 1.82) is 0 Å². The quantitative estimate of drug-likeness (QED) is 0.663. The van der Waals surface area contributed by atoms with Crippen LogP contribution in [0, 0.1) is 0 Å². The van der Waals surface area contributed by atoms with Crippen molar-refractivity contribution in [3.8, 4) is 5.75 Å². The summed E-state index contributed by atoms with van der Waals surface area (Å²) in [6, 6.07) is 12.9. The number of aliphatic hydroxyl groups is 3. The lowest BCUT2D eigenvalue weighted by atomic mass is 9.87. The lowest BCUT2D eigenvalue weighted by molar-refractivity contribution is -0.360. The molecular formula is C22H27ClO6. The Morgan fingerprint density at radius 1 is 1.07 bits per heavy atom. The SMILES string of the molecule is CCOc1ccc(Cc2cc([C@]3(OC)O[C@H](C)[C@@H](O)[C@H](O)[C@H]3O)ccc2Cl)cc1. The zero-order valence-electron chi connectivity index (χ0n) is 16.7. The molecule has 1 fully saturated rings. The van der Waals surface area contributed by atoms with Crippen LogP contribution in [0.3, 0.4) is 0 Å². The molecule has 7 heteroatoms. The highest BCUT2D eigenvalue weighted by atomic mass is 35.5.